The van der Waals surface area contributed by atoms with Crippen LogP contribution in [0.5, 0.6) is 23.0 Å². The minimum atomic E-state index is -0.499. The summed E-state index contributed by atoms with van der Waals surface area (Å²) in [6.45, 7) is 5.34. The Hall–Kier alpha value is -3.68. The number of ether oxygens (including phenoxy) is 4. The smallest absolute Gasteiger partial charge is 0.311 e. The maximum Gasteiger partial charge on any atom is 0.311 e. The van der Waals surface area contributed by atoms with Crippen LogP contribution in [0.4, 0.5) is 0 Å². The maximum atomic E-state index is 12.4. The van der Waals surface area contributed by atoms with E-state index >= 15 is 0 Å². The van der Waals surface area contributed by atoms with Crippen molar-refractivity contribution >= 4 is 11.9 Å². The number of rotatable bonds is 29. The summed E-state index contributed by atoms with van der Waals surface area (Å²) in [6, 6.07) is 12.0. The highest BCUT2D eigenvalue weighted by Gasteiger charge is 2.10. The van der Waals surface area contributed by atoms with Crippen LogP contribution >= 0.6 is 0 Å². The molecule has 0 aliphatic rings. The molecule has 8 heteroatoms. The van der Waals surface area contributed by atoms with Crippen LogP contribution in [0.15, 0.2) is 58.1 Å². The van der Waals surface area contributed by atoms with Gasteiger partial charge in [-0.15, -0.1) is 0 Å². The average molecular weight is 695 g/mol. The maximum absolute atomic E-state index is 12.4. The van der Waals surface area contributed by atoms with E-state index in [1.807, 2.05) is 0 Å². The minimum Gasteiger partial charge on any atom is -0.494 e. The molecular weight excluding hydrogens is 632 g/mol. The van der Waals surface area contributed by atoms with Gasteiger partial charge in [0.15, 0.2) is 11.5 Å². The highest BCUT2D eigenvalue weighted by Crippen LogP contribution is 2.16. The van der Waals surface area contributed by atoms with E-state index in [1.54, 1.807) is 18.2 Å². The molecule has 0 bridgehead atoms. The first-order valence-electron chi connectivity index (χ1n) is 19.4. The van der Waals surface area contributed by atoms with Gasteiger partial charge >= 0.3 is 11.9 Å². The van der Waals surface area contributed by atoms with Crippen LogP contribution < -0.4 is 29.8 Å². The lowest BCUT2D eigenvalue weighted by atomic mass is 10.1. The van der Waals surface area contributed by atoms with Crippen molar-refractivity contribution in [1.82, 2.24) is 0 Å². The summed E-state index contributed by atoms with van der Waals surface area (Å²) in [7, 11) is 0. The van der Waals surface area contributed by atoms with Gasteiger partial charge in [0.1, 0.15) is 11.5 Å². The van der Waals surface area contributed by atoms with Crippen molar-refractivity contribution in [3.05, 3.63) is 69.0 Å². The second kappa shape index (κ2) is 28.1. The van der Waals surface area contributed by atoms with Gasteiger partial charge in [-0.1, -0.05) is 117 Å². The molecule has 0 amide bonds. The molecule has 0 unspecified atom stereocenters. The van der Waals surface area contributed by atoms with Crippen molar-refractivity contribution in [2.24, 2.45) is 0 Å². The van der Waals surface area contributed by atoms with Crippen molar-refractivity contribution in [3.8, 4) is 23.0 Å². The monoisotopic (exact) mass is 694 g/mol. The van der Waals surface area contributed by atoms with Crippen molar-refractivity contribution in [1.29, 1.82) is 0 Å². The molecule has 0 aliphatic heterocycles. The predicted molar refractivity (Wildman–Crippen MR) is 201 cm³/mol. The molecule has 0 N–H and O–H groups in total. The zero-order chi connectivity index (χ0) is 36.1. The Kier molecular flexibility index (Phi) is 23.8. The van der Waals surface area contributed by atoms with E-state index in [0.717, 1.165) is 32.1 Å². The van der Waals surface area contributed by atoms with E-state index in [2.05, 4.69) is 13.8 Å². The molecule has 50 heavy (non-hydrogen) atoms. The summed E-state index contributed by atoms with van der Waals surface area (Å²) in [4.78, 5) is 49.5. The number of carbonyl (C=O) groups excluding carboxylic acids is 2. The lowest BCUT2D eigenvalue weighted by Gasteiger charge is -2.05. The van der Waals surface area contributed by atoms with E-state index in [-0.39, 0.29) is 29.8 Å². The molecule has 0 saturated heterocycles. The Morgan fingerprint density at radius 3 is 1.16 bits per heavy atom. The second-order valence-corrected chi connectivity index (χ2v) is 13.1. The zero-order valence-electron chi connectivity index (χ0n) is 30.9. The molecule has 2 aromatic rings. The SMILES string of the molecule is CCCCCCCCCCCOc1ccc(OC(=O)CCCCOc2ccc(OC(=O)CCCCCCCCCCC)c(=O)cc2)c(=O)cc1. The van der Waals surface area contributed by atoms with Crippen LogP contribution in [0.25, 0.3) is 0 Å². The highest BCUT2D eigenvalue weighted by molar-refractivity contribution is 5.72. The third-order valence-corrected chi connectivity index (χ3v) is 8.57. The Bertz CT molecular complexity index is 1340. The van der Waals surface area contributed by atoms with Gasteiger partial charge < -0.3 is 18.9 Å². The first-order valence-corrected chi connectivity index (χ1v) is 19.4. The van der Waals surface area contributed by atoms with Crippen LogP contribution in [0.1, 0.15) is 155 Å². The lowest BCUT2D eigenvalue weighted by molar-refractivity contribution is -0.135. The predicted octanol–water partition coefficient (Wildman–Crippen LogP) is 10.3. The molecule has 278 valence electrons. The Morgan fingerprint density at radius 2 is 0.740 bits per heavy atom. The third kappa shape index (κ3) is 20.7. The topological polar surface area (TPSA) is 105 Å². The molecule has 0 aliphatic carbocycles. The van der Waals surface area contributed by atoms with Gasteiger partial charge in [0.2, 0.25) is 10.9 Å². The fraction of sp³-hybridized carbons (Fsp3) is 0.619. The summed E-state index contributed by atoms with van der Waals surface area (Å²) in [5, 5.41) is 0. The van der Waals surface area contributed by atoms with Crippen LogP contribution in [0, 0.1) is 0 Å². The van der Waals surface area contributed by atoms with Crippen LogP contribution in [0.3, 0.4) is 0 Å². The number of esters is 2. The Balaban J connectivity index is 1.62. The Labute approximate surface area is 300 Å². The van der Waals surface area contributed by atoms with Gasteiger partial charge in [0.25, 0.3) is 0 Å². The number of carbonyl (C=O) groups is 2. The summed E-state index contributed by atoms with van der Waals surface area (Å²) < 4.78 is 22.2. The van der Waals surface area contributed by atoms with Gasteiger partial charge in [0, 0.05) is 12.8 Å². The van der Waals surface area contributed by atoms with E-state index in [1.165, 1.54) is 114 Å². The van der Waals surface area contributed by atoms with Crippen molar-refractivity contribution < 1.29 is 28.5 Å². The molecule has 0 aromatic heterocycles. The first-order chi connectivity index (χ1) is 24.4. The summed E-state index contributed by atoms with van der Waals surface area (Å²) >= 11 is 0. The van der Waals surface area contributed by atoms with Gasteiger partial charge in [-0.25, -0.2) is 0 Å². The van der Waals surface area contributed by atoms with Gasteiger partial charge in [0.05, 0.1) is 13.2 Å². The molecule has 0 fully saturated rings. The second-order valence-electron chi connectivity index (χ2n) is 13.1. The van der Waals surface area contributed by atoms with Crippen LogP contribution in [0.2, 0.25) is 0 Å². The van der Waals surface area contributed by atoms with Crippen molar-refractivity contribution in [3.63, 3.8) is 0 Å². The molecule has 8 nitrogen and oxygen atoms in total. The number of hydrogen-bond acceptors (Lipinski definition) is 8. The molecular formula is C42H62O8. The first kappa shape index (κ1) is 42.5. The molecule has 0 radical (unpaired) electrons. The van der Waals surface area contributed by atoms with E-state index in [0.29, 0.717) is 37.6 Å². The molecule has 0 heterocycles. The fourth-order valence-corrected chi connectivity index (χ4v) is 5.52. The quantitative estimate of drug-likeness (QED) is 0.0612. The molecule has 0 atom stereocenters. The zero-order valence-corrected chi connectivity index (χ0v) is 30.9. The van der Waals surface area contributed by atoms with E-state index < -0.39 is 17.4 Å². The van der Waals surface area contributed by atoms with Crippen molar-refractivity contribution in [2.45, 2.75) is 155 Å². The average Bonchev–Trinajstić information content (AvgIpc) is 3.39. The number of unbranched alkanes of at least 4 members (excludes halogenated alkanes) is 17. The van der Waals surface area contributed by atoms with E-state index in [9.17, 15) is 19.2 Å². The van der Waals surface area contributed by atoms with Crippen molar-refractivity contribution in [2.75, 3.05) is 13.2 Å². The molecule has 2 aromatic carbocycles. The Morgan fingerprint density at radius 1 is 0.420 bits per heavy atom. The highest BCUT2D eigenvalue weighted by atomic mass is 16.5. The third-order valence-electron chi connectivity index (χ3n) is 8.57. The largest absolute Gasteiger partial charge is 0.494 e. The summed E-state index contributed by atoms with van der Waals surface area (Å²) in [5.41, 5.74) is -0.782. The van der Waals surface area contributed by atoms with E-state index in [4.69, 9.17) is 18.9 Å². The standard InChI is InChI=1S/C42H62O8/c1-3-5-7-9-11-13-15-17-19-23-41(45)49-39-32-28-36(26-30-37(39)43)48-34-22-20-24-42(46)50-40-31-27-35(25-29-38(40)44)47-33-21-18-16-14-12-10-8-6-4-2/h25-32H,3-24,33-34H2,1-2H3. The number of hydrogen-bond donors (Lipinski definition) is 0. The lowest BCUT2D eigenvalue weighted by Crippen LogP contribution is -2.13. The fourth-order valence-electron chi connectivity index (χ4n) is 5.52. The molecule has 0 spiro atoms. The normalized spacial score (nSPS) is 10.8. The van der Waals surface area contributed by atoms with Crippen LogP contribution in [-0.2, 0) is 9.59 Å². The van der Waals surface area contributed by atoms with Crippen LogP contribution in [-0.4, -0.2) is 25.2 Å². The summed E-state index contributed by atoms with van der Waals surface area (Å²) in [5.74, 6) is 0.0686. The van der Waals surface area contributed by atoms with Gasteiger partial charge in [-0.2, -0.15) is 0 Å². The summed E-state index contributed by atoms with van der Waals surface area (Å²) in [6.07, 6.45) is 23.0. The van der Waals surface area contributed by atoms with Gasteiger partial charge in [-0.05, 0) is 74.2 Å². The van der Waals surface area contributed by atoms with Gasteiger partial charge in [-0.3, -0.25) is 19.2 Å². The minimum absolute atomic E-state index is 0.0203. The molecule has 2 rings (SSSR count). The molecule has 0 saturated carbocycles.